The van der Waals surface area contributed by atoms with Crippen LogP contribution in [-0.4, -0.2) is 45.4 Å². The highest BCUT2D eigenvalue weighted by Gasteiger charge is 2.41. The summed E-state index contributed by atoms with van der Waals surface area (Å²) in [5.74, 6) is -0.766. The van der Waals surface area contributed by atoms with Crippen molar-refractivity contribution >= 4 is 29.0 Å². The zero-order chi connectivity index (χ0) is 35.3. The first-order chi connectivity index (χ1) is 23.2. The lowest BCUT2D eigenvalue weighted by atomic mass is 9.71. The highest BCUT2D eigenvalue weighted by atomic mass is 32.1. The SMILES string of the molecule is CC(C)(C)CCCOc1ccc(-c2cnc(-c3ccc(C[C@H](NC(=O)c4ccc(C(C)(C)C)s4)C(=O)C4CC(C(=O)O)C4)cc3)nc2)cc1. The number of carboxylic acids is 1. The third kappa shape index (κ3) is 9.63. The molecule has 2 aromatic heterocycles. The maximum Gasteiger partial charge on any atom is 0.306 e. The predicted molar refractivity (Wildman–Crippen MR) is 194 cm³/mol. The molecule has 0 bridgehead atoms. The van der Waals surface area contributed by atoms with Gasteiger partial charge in [0.2, 0.25) is 0 Å². The molecule has 2 N–H and O–H groups in total. The highest BCUT2D eigenvalue weighted by Crippen LogP contribution is 2.36. The lowest BCUT2D eigenvalue weighted by molar-refractivity contribution is -0.148. The number of ketones is 1. The summed E-state index contributed by atoms with van der Waals surface area (Å²) in [7, 11) is 0. The van der Waals surface area contributed by atoms with E-state index >= 15 is 0 Å². The van der Waals surface area contributed by atoms with E-state index in [1.807, 2.05) is 54.6 Å². The van der Waals surface area contributed by atoms with E-state index in [0.717, 1.165) is 45.7 Å². The quantitative estimate of drug-likeness (QED) is 0.136. The molecule has 258 valence electrons. The van der Waals surface area contributed by atoms with Crippen LogP contribution in [0.3, 0.4) is 0 Å². The Kier molecular flexibility index (Phi) is 11.0. The number of Topliss-reactive ketones (excluding diaryl/α,β-unsaturated/α-hetero) is 1. The fourth-order valence-electron chi connectivity index (χ4n) is 5.84. The molecule has 49 heavy (non-hydrogen) atoms. The van der Waals surface area contributed by atoms with Gasteiger partial charge in [-0.2, -0.15) is 0 Å². The van der Waals surface area contributed by atoms with Gasteiger partial charge in [0.05, 0.1) is 23.4 Å². The van der Waals surface area contributed by atoms with E-state index in [-0.39, 0.29) is 23.0 Å². The number of carbonyl (C=O) groups is 3. The Morgan fingerprint density at radius 1 is 0.857 bits per heavy atom. The topological polar surface area (TPSA) is 118 Å². The second-order valence-corrected chi connectivity index (χ2v) is 16.4. The largest absolute Gasteiger partial charge is 0.494 e. The summed E-state index contributed by atoms with van der Waals surface area (Å²) in [6, 6.07) is 18.6. The molecule has 1 atom stereocenters. The summed E-state index contributed by atoms with van der Waals surface area (Å²) in [6.45, 7) is 13.7. The van der Waals surface area contributed by atoms with Gasteiger partial charge in [0.15, 0.2) is 11.6 Å². The van der Waals surface area contributed by atoms with Crippen molar-refractivity contribution in [3.8, 4) is 28.3 Å². The van der Waals surface area contributed by atoms with Crippen molar-refractivity contribution in [2.75, 3.05) is 6.61 Å². The second-order valence-electron chi connectivity index (χ2n) is 15.3. The number of rotatable bonds is 13. The van der Waals surface area contributed by atoms with Gasteiger partial charge in [-0.1, -0.05) is 77.9 Å². The van der Waals surface area contributed by atoms with E-state index in [1.165, 1.54) is 11.3 Å². The van der Waals surface area contributed by atoms with Gasteiger partial charge in [0, 0.05) is 34.3 Å². The Hall–Kier alpha value is -4.37. The van der Waals surface area contributed by atoms with Crippen molar-refractivity contribution in [1.29, 1.82) is 0 Å². The van der Waals surface area contributed by atoms with E-state index in [9.17, 15) is 19.5 Å². The van der Waals surface area contributed by atoms with Crippen LogP contribution < -0.4 is 10.1 Å². The number of aromatic nitrogens is 2. The molecule has 1 amide bonds. The molecule has 8 nitrogen and oxygen atoms in total. The second kappa shape index (κ2) is 15.0. The zero-order valence-corrected chi connectivity index (χ0v) is 30.1. The van der Waals surface area contributed by atoms with Gasteiger partial charge in [0.1, 0.15) is 5.75 Å². The van der Waals surface area contributed by atoms with Crippen LogP contribution in [0.1, 0.15) is 87.3 Å². The number of aliphatic carboxylic acids is 1. The Bertz CT molecular complexity index is 1740. The van der Waals surface area contributed by atoms with E-state index in [4.69, 9.17) is 4.74 Å². The number of hydrogen-bond donors (Lipinski definition) is 2. The first kappa shape index (κ1) is 35.9. The summed E-state index contributed by atoms with van der Waals surface area (Å²) < 4.78 is 5.91. The number of carbonyl (C=O) groups excluding carboxylic acids is 2. The van der Waals surface area contributed by atoms with E-state index in [1.54, 1.807) is 18.5 Å². The molecule has 1 fully saturated rings. The number of amides is 1. The monoisotopic (exact) mass is 681 g/mol. The van der Waals surface area contributed by atoms with Gasteiger partial charge < -0.3 is 15.2 Å². The Morgan fingerprint density at radius 3 is 2.06 bits per heavy atom. The maximum absolute atomic E-state index is 13.5. The fraction of sp³-hybridized carbons (Fsp3) is 0.425. The van der Waals surface area contributed by atoms with Crippen molar-refractivity contribution in [2.45, 2.75) is 85.1 Å². The molecule has 1 aliphatic rings. The van der Waals surface area contributed by atoms with Gasteiger partial charge in [-0.25, -0.2) is 9.97 Å². The van der Waals surface area contributed by atoms with Gasteiger partial charge in [0.25, 0.3) is 5.91 Å². The molecule has 1 saturated carbocycles. The van der Waals surface area contributed by atoms with E-state index in [2.05, 4.69) is 56.8 Å². The third-order valence-electron chi connectivity index (χ3n) is 8.94. The standard InChI is InChI=1S/C40H47N3O5S/c1-39(2,3)18-7-19-48-31-14-12-26(13-15-31)30-23-41-36(42-24-30)27-10-8-25(9-11-27)20-32(35(44)28-21-29(22-28)38(46)47)43-37(45)33-16-17-34(49-33)40(4,5)6/h8-17,23-24,28-29,32H,7,18-22H2,1-6H3,(H,43,45)(H,46,47)/t28?,29?,32-/m0/s1. The summed E-state index contributed by atoms with van der Waals surface area (Å²) in [6.07, 6.45) is 6.64. The third-order valence-corrected chi connectivity index (χ3v) is 10.4. The van der Waals surface area contributed by atoms with Crippen LogP contribution in [0, 0.1) is 17.3 Å². The van der Waals surface area contributed by atoms with Crippen LogP contribution in [0.2, 0.25) is 0 Å². The van der Waals surface area contributed by atoms with E-state index in [0.29, 0.717) is 42.0 Å². The van der Waals surface area contributed by atoms with Gasteiger partial charge >= 0.3 is 5.97 Å². The lowest BCUT2D eigenvalue weighted by Crippen LogP contribution is -2.48. The van der Waals surface area contributed by atoms with Crippen LogP contribution in [0.5, 0.6) is 5.75 Å². The van der Waals surface area contributed by atoms with Crippen molar-refractivity contribution in [2.24, 2.45) is 17.3 Å². The molecule has 0 aliphatic heterocycles. The summed E-state index contributed by atoms with van der Waals surface area (Å²) in [4.78, 5) is 49.1. The Balaban J connectivity index is 1.23. The minimum Gasteiger partial charge on any atom is -0.494 e. The molecule has 0 spiro atoms. The first-order valence-corrected chi connectivity index (χ1v) is 17.8. The number of carboxylic acid groups (broad SMARTS) is 1. The first-order valence-electron chi connectivity index (χ1n) is 17.0. The summed E-state index contributed by atoms with van der Waals surface area (Å²) >= 11 is 1.42. The normalized spacial score (nSPS) is 16.8. The molecule has 2 aromatic carbocycles. The van der Waals surface area contributed by atoms with Gasteiger partial charge in [-0.15, -0.1) is 11.3 Å². The minimum atomic E-state index is -0.881. The molecular formula is C40H47N3O5S. The summed E-state index contributed by atoms with van der Waals surface area (Å²) in [5.41, 5.74) is 3.82. The van der Waals surface area contributed by atoms with E-state index < -0.39 is 17.9 Å². The smallest absolute Gasteiger partial charge is 0.306 e. The molecule has 4 aromatic rings. The highest BCUT2D eigenvalue weighted by molar-refractivity contribution is 7.14. The number of nitrogens with zero attached hydrogens (tertiary/aromatic N) is 2. The predicted octanol–water partition coefficient (Wildman–Crippen LogP) is 8.40. The molecule has 0 unspecified atom stereocenters. The van der Waals surface area contributed by atoms with Crippen molar-refractivity contribution in [1.82, 2.24) is 15.3 Å². The molecule has 0 saturated heterocycles. The molecule has 5 rings (SSSR count). The molecular weight excluding hydrogens is 635 g/mol. The van der Waals surface area contributed by atoms with Crippen LogP contribution >= 0.6 is 11.3 Å². The number of benzene rings is 2. The van der Waals surface area contributed by atoms with Crippen molar-refractivity contribution < 1.29 is 24.2 Å². The maximum atomic E-state index is 13.5. The van der Waals surface area contributed by atoms with Crippen molar-refractivity contribution in [3.63, 3.8) is 0 Å². The van der Waals surface area contributed by atoms with Crippen LogP contribution in [0.15, 0.2) is 73.1 Å². The number of ether oxygens (including phenoxy) is 1. The number of thiophene rings is 1. The van der Waals surface area contributed by atoms with Gasteiger partial charge in [-0.3, -0.25) is 14.4 Å². The van der Waals surface area contributed by atoms with Crippen LogP contribution in [0.4, 0.5) is 0 Å². The molecule has 9 heteroatoms. The number of nitrogens with one attached hydrogen (secondary N) is 1. The minimum absolute atomic E-state index is 0.0889. The Morgan fingerprint density at radius 2 is 1.49 bits per heavy atom. The molecule has 0 radical (unpaired) electrons. The Labute approximate surface area is 293 Å². The number of hydrogen-bond acceptors (Lipinski definition) is 7. The lowest BCUT2D eigenvalue weighted by Gasteiger charge is -2.33. The van der Waals surface area contributed by atoms with Crippen molar-refractivity contribution in [3.05, 3.63) is 88.4 Å². The van der Waals surface area contributed by atoms with Crippen LogP contribution in [-0.2, 0) is 21.4 Å². The average Bonchev–Trinajstić information content (AvgIpc) is 3.54. The molecule has 1 aliphatic carbocycles. The summed E-state index contributed by atoms with van der Waals surface area (Å²) in [5, 5.41) is 12.3. The van der Waals surface area contributed by atoms with Gasteiger partial charge in [-0.05, 0) is 78.3 Å². The average molecular weight is 682 g/mol. The van der Waals surface area contributed by atoms with Crippen LogP contribution in [0.25, 0.3) is 22.5 Å². The zero-order valence-electron chi connectivity index (χ0n) is 29.3. The molecule has 2 heterocycles. The fourth-order valence-corrected chi connectivity index (χ4v) is 6.81.